The predicted octanol–water partition coefficient (Wildman–Crippen LogP) is 3.51. The highest BCUT2D eigenvalue weighted by atomic mass is 79.9. The average molecular weight is 335 g/mol. The Kier molecular flexibility index (Phi) is 5.17. The maximum absolute atomic E-state index is 5.75. The van der Waals surface area contributed by atoms with E-state index in [1.807, 2.05) is 18.2 Å². The number of nitrogens with two attached hydrogens (primary N) is 1. The molecule has 106 valence electrons. The molecule has 0 heterocycles. The topological polar surface area (TPSA) is 47.3 Å². The van der Waals surface area contributed by atoms with Crippen LogP contribution in [0.3, 0.4) is 0 Å². The number of hydrazine groups is 1. The van der Waals surface area contributed by atoms with Crippen LogP contribution < -0.4 is 16.0 Å². The van der Waals surface area contributed by atoms with Gasteiger partial charge in [0.2, 0.25) is 0 Å². The van der Waals surface area contributed by atoms with Gasteiger partial charge in [-0.05, 0) is 36.6 Å². The van der Waals surface area contributed by atoms with E-state index in [4.69, 9.17) is 10.6 Å². The van der Waals surface area contributed by atoms with E-state index in [-0.39, 0.29) is 6.04 Å². The van der Waals surface area contributed by atoms with E-state index in [9.17, 15) is 0 Å². The van der Waals surface area contributed by atoms with E-state index in [1.54, 1.807) is 7.11 Å². The van der Waals surface area contributed by atoms with Crippen LogP contribution in [-0.4, -0.2) is 7.11 Å². The van der Waals surface area contributed by atoms with Gasteiger partial charge in [-0.2, -0.15) is 0 Å². The van der Waals surface area contributed by atoms with Crippen molar-refractivity contribution in [2.24, 2.45) is 5.84 Å². The molecule has 20 heavy (non-hydrogen) atoms. The highest BCUT2D eigenvalue weighted by Crippen LogP contribution is 2.29. The fourth-order valence-electron chi connectivity index (χ4n) is 2.28. The fourth-order valence-corrected chi connectivity index (χ4v) is 2.80. The minimum Gasteiger partial charge on any atom is -0.496 e. The summed E-state index contributed by atoms with van der Waals surface area (Å²) < 4.78 is 6.46. The molecule has 0 spiro atoms. The van der Waals surface area contributed by atoms with Gasteiger partial charge in [0.05, 0.1) is 13.2 Å². The van der Waals surface area contributed by atoms with Crippen molar-refractivity contribution in [2.75, 3.05) is 7.11 Å². The Labute approximate surface area is 128 Å². The summed E-state index contributed by atoms with van der Waals surface area (Å²) in [4.78, 5) is 0. The third kappa shape index (κ3) is 3.39. The minimum atomic E-state index is 0.0283. The quantitative estimate of drug-likeness (QED) is 0.649. The molecule has 1 atom stereocenters. The molecule has 0 amide bonds. The van der Waals surface area contributed by atoms with Gasteiger partial charge < -0.3 is 4.74 Å². The highest BCUT2D eigenvalue weighted by molar-refractivity contribution is 9.10. The predicted molar refractivity (Wildman–Crippen MR) is 85.6 cm³/mol. The molecule has 0 radical (unpaired) electrons. The number of para-hydroxylation sites is 1. The zero-order valence-corrected chi connectivity index (χ0v) is 13.3. The molecular weight excluding hydrogens is 316 g/mol. The van der Waals surface area contributed by atoms with E-state index in [0.29, 0.717) is 0 Å². The largest absolute Gasteiger partial charge is 0.496 e. The Morgan fingerprint density at radius 2 is 2.00 bits per heavy atom. The van der Waals surface area contributed by atoms with Gasteiger partial charge in [-0.15, -0.1) is 0 Å². The third-order valence-corrected chi connectivity index (χ3v) is 4.07. The lowest BCUT2D eigenvalue weighted by molar-refractivity contribution is 0.405. The first-order valence-electron chi connectivity index (χ1n) is 6.49. The Balaban J connectivity index is 2.31. The second kappa shape index (κ2) is 6.88. The zero-order valence-electron chi connectivity index (χ0n) is 11.7. The maximum atomic E-state index is 5.75. The summed E-state index contributed by atoms with van der Waals surface area (Å²) in [6.45, 7) is 2.08. The van der Waals surface area contributed by atoms with Crippen molar-refractivity contribution in [3.63, 3.8) is 0 Å². The first-order chi connectivity index (χ1) is 9.65. The van der Waals surface area contributed by atoms with Crippen LogP contribution in [0.2, 0.25) is 0 Å². The second-order valence-electron chi connectivity index (χ2n) is 4.76. The summed E-state index contributed by atoms with van der Waals surface area (Å²) >= 11 is 3.59. The zero-order chi connectivity index (χ0) is 14.5. The number of ether oxygens (including phenoxy) is 1. The van der Waals surface area contributed by atoms with Gasteiger partial charge in [0, 0.05) is 4.47 Å². The average Bonchev–Trinajstić information content (AvgIpc) is 2.48. The van der Waals surface area contributed by atoms with E-state index < -0.39 is 0 Å². The number of methoxy groups -OCH3 is 1. The summed E-state index contributed by atoms with van der Waals surface area (Å²) in [6.07, 6.45) is 0.766. The molecule has 2 rings (SSSR count). The molecule has 1 unspecified atom stereocenters. The molecule has 2 aromatic rings. The molecule has 0 aliphatic carbocycles. The van der Waals surface area contributed by atoms with Crippen molar-refractivity contribution in [2.45, 2.75) is 19.4 Å². The molecule has 0 aromatic heterocycles. The first kappa shape index (κ1) is 15.0. The fraction of sp³-hybridized carbons (Fsp3) is 0.250. The first-order valence-corrected chi connectivity index (χ1v) is 7.29. The molecule has 2 aromatic carbocycles. The van der Waals surface area contributed by atoms with Gasteiger partial charge >= 0.3 is 0 Å². The molecule has 0 aliphatic rings. The standard InChI is InChI=1S/C16H19BrN2O/c1-11-7-8-14(17)13(9-11)15(19-18)10-12-5-3-4-6-16(12)20-2/h3-9,15,19H,10,18H2,1-2H3. The van der Waals surface area contributed by atoms with Crippen molar-refractivity contribution in [1.29, 1.82) is 0 Å². The summed E-state index contributed by atoms with van der Waals surface area (Å²) in [5.41, 5.74) is 6.39. The van der Waals surface area contributed by atoms with Crippen molar-refractivity contribution >= 4 is 15.9 Å². The van der Waals surface area contributed by atoms with Crippen LogP contribution in [-0.2, 0) is 6.42 Å². The third-order valence-electron chi connectivity index (χ3n) is 3.34. The lowest BCUT2D eigenvalue weighted by atomic mass is 9.97. The summed E-state index contributed by atoms with van der Waals surface area (Å²) in [6, 6.07) is 14.3. The number of hydrogen-bond acceptors (Lipinski definition) is 3. The van der Waals surface area contributed by atoms with Crippen LogP contribution in [0, 0.1) is 6.92 Å². The van der Waals surface area contributed by atoms with Gasteiger partial charge in [-0.1, -0.05) is 51.8 Å². The molecule has 3 nitrogen and oxygen atoms in total. The molecule has 0 saturated carbocycles. The van der Waals surface area contributed by atoms with Crippen LogP contribution in [0.15, 0.2) is 46.9 Å². The van der Waals surface area contributed by atoms with E-state index in [0.717, 1.165) is 27.8 Å². The molecule has 0 fully saturated rings. The van der Waals surface area contributed by atoms with Crippen molar-refractivity contribution in [1.82, 2.24) is 5.43 Å². The van der Waals surface area contributed by atoms with E-state index in [2.05, 4.69) is 52.5 Å². The lowest BCUT2D eigenvalue weighted by Crippen LogP contribution is -2.30. The Morgan fingerprint density at radius 1 is 1.25 bits per heavy atom. The molecular formula is C16H19BrN2O. The molecule has 4 heteroatoms. The van der Waals surface area contributed by atoms with Gasteiger partial charge in [0.15, 0.2) is 0 Å². The normalized spacial score (nSPS) is 12.2. The Hall–Kier alpha value is -1.36. The maximum Gasteiger partial charge on any atom is 0.122 e. The van der Waals surface area contributed by atoms with E-state index in [1.165, 1.54) is 5.56 Å². The summed E-state index contributed by atoms with van der Waals surface area (Å²) in [7, 11) is 1.69. The smallest absolute Gasteiger partial charge is 0.122 e. The molecule has 0 aliphatic heterocycles. The van der Waals surface area contributed by atoms with Crippen molar-refractivity contribution in [3.8, 4) is 5.75 Å². The number of benzene rings is 2. The number of hydrogen-bond donors (Lipinski definition) is 2. The summed E-state index contributed by atoms with van der Waals surface area (Å²) in [5, 5.41) is 0. The highest BCUT2D eigenvalue weighted by Gasteiger charge is 2.16. The van der Waals surface area contributed by atoms with Gasteiger partial charge in [0.1, 0.15) is 5.75 Å². The van der Waals surface area contributed by atoms with Crippen LogP contribution in [0.1, 0.15) is 22.7 Å². The minimum absolute atomic E-state index is 0.0283. The number of rotatable bonds is 5. The lowest BCUT2D eigenvalue weighted by Gasteiger charge is -2.20. The summed E-state index contributed by atoms with van der Waals surface area (Å²) in [5.74, 6) is 6.64. The van der Waals surface area contributed by atoms with Gasteiger partial charge in [-0.25, -0.2) is 0 Å². The number of halogens is 1. The second-order valence-corrected chi connectivity index (χ2v) is 5.61. The van der Waals surface area contributed by atoms with Crippen LogP contribution in [0.5, 0.6) is 5.75 Å². The van der Waals surface area contributed by atoms with Crippen LogP contribution in [0.25, 0.3) is 0 Å². The molecule has 0 saturated heterocycles. The SMILES string of the molecule is COc1ccccc1CC(NN)c1cc(C)ccc1Br. The molecule has 3 N–H and O–H groups in total. The van der Waals surface area contributed by atoms with Gasteiger partial charge in [-0.3, -0.25) is 11.3 Å². The monoisotopic (exact) mass is 334 g/mol. The molecule has 0 bridgehead atoms. The number of nitrogens with one attached hydrogen (secondary N) is 1. The van der Waals surface area contributed by atoms with Crippen molar-refractivity contribution < 1.29 is 4.74 Å². The van der Waals surface area contributed by atoms with Gasteiger partial charge in [0.25, 0.3) is 0 Å². The number of aryl methyl sites for hydroxylation is 1. The van der Waals surface area contributed by atoms with Crippen LogP contribution in [0.4, 0.5) is 0 Å². The van der Waals surface area contributed by atoms with E-state index >= 15 is 0 Å². The van der Waals surface area contributed by atoms with Crippen LogP contribution >= 0.6 is 15.9 Å². The Morgan fingerprint density at radius 3 is 2.70 bits per heavy atom. The Bertz CT molecular complexity index is 586. The van der Waals surface area contributed by atoms with Crippen molar-refractivity contribution in [3.05, 3.63) is 63.6 Å².